The van der Waals surface area contributed by atoms with Gasteiger partial charge < -0.3 is 19.9 Å². The molecule has 0 aliphatic heterocycles. The van der Waals surface area contributed by atoms with Gasteiger partial charge in [0, 0.05) is 17.3 Å². The van der Waals surface area contributed by atoms with Crippen molar-refractivity contribution in [3.05, 3.63) is 52.8 Å². The van der Waals surface area contributed by atoms with Gasteiger partial charge >= 0.3 is 0 Å². The lowest BCUT2D eigenvalue weighted by molar-refractivity contribution is -0.676. The number of methoxy groups -OCH3 is 1. The van der Waals surface area contributed by atoms with Crippen molar-refractivity contribution < 1.29 is 19.9 Å². The van der Waals surface area contributed by atoms with Gasteiger partial charge in [0.25, 0.3) is 0 Å². The second kappa shape index (κ2) is 8.72. The van der Waals surface area contributed by atoms with Gasteiger partial charge in [0.1, 0.15) is 24.8 Å². The molecule has 2 rings (SSSR count). The van der Waals surface area contributed by atoms with Gasteiger partial charge in [-0.25, -0.2) is 4.98 Å². The summed E-state index contributed by atoms with van der Waals surface area (Å²) in [6.45, 7) is 3.63. The Labute approximate surface area is 141 Å². The van der Waals surface area contributed by atoms with E-state index in [1.165, 1.54) is 0 Å². The maximum Gasteiger partial charge on any atom is 0.161 e. The van der Waals surface area contributed by atoms with E-state index >= 15 is 0 Å². The average molecular weight is 338 g/mol. The molecule has 0 fully saturated rings. The summed E-state index contributed by atoms with van der Waals surface area (Å²) in [5.41, 5.74) is 2.05. The average Bonchev–Trinajstić information content (AvgIpc) is 2.54. The predicted molar refractivity (Wildman–Crippen MR) is 88.8 cm³/mol. The van der Waals surface area contributed by atoms with Crippen molar-refractivity contribution in [2.45, 2.75) is 26.2 Å². The Balaban J connectivity index is 1.97. The summed E-state index contributed by atoms with van der Waals surface area (Å²) in [6.07, 6.45) is 1.38. The van der Waals surface area contributed by atoms with E-state index in [1.54, 1.807) is 26.3 Å². The monoisotopic (exact) mass is 337 g/mol. The number of nitrogens with zero attached hydrogens (tertiary/aromatic N) is 1. The number of quaternary nitrogens is 1. The maximum atomic E-state index is 9.28. The van der Waals surface area contributed by atoms with E-state index < -0.39 is 0 Å². The number of hydrogen-bond acceptors (Lipinski definition) is 4. The molecule has 1 heterocycles. The minimum absolute atomic E-state index is 0.313. The fourth-order valence-corrected chi connectivity index (χ4v) is 2.21. The smallest absolute Gasteiger partial charge is 0.161 e. The normalized spacial score (nSPS) is 12.0. The van der Waals surface area contributed by atoms with Crippen LogP contribution in [0.1, 0.15) is 18.1 Å². The van der Waals surface area contributed by atoms with E-state index in [4.69, 9.17) is 21.1 Å². The van der Waals surface area contributed by atoms with Crippen LogP contribution in [0.2, 0.25) is 5.15 Å². The molecule has 1 atom stereocenters. The van der Waals surface area contributed by atoms with Gasteiger partial charge in [-0.15, -0.1) is 0 Å². The lowest BCUT2D eigenvalue weighted by atomic mass is 10.2. The highest BCUT2D eigenvalue weighted by Crippen LogP contribution is 2.28. The molecule has 124 valence electrons. The number of benzene rings is 1. The van der Waals surface area contributed by atoms with Crippen LogP contribution < -0.4 is 14.8 Å². The summed E-state index contributed by atoms with van der Waals surface area (Å²) in [7, 11) is 1.62. The Morgan fingerprint density at radius 3 is 2.65 bits per heavy atom. The highest BCUT2D eigenvalue weighted by atomic mass is 35.5. The number of hydrogen-bond donors (Lipinski definition) is 2. The summed E-state index contributed by atoms with van der Waals surface area (Å²) >= 11 is 5.76. The van der Waals surface area contributed by atoms with Gasteiger partial charge in [0.15, 0.2) is 11.5 Å². The van der Waals surface area contributed by atoms with Crippen LogP contribution in [-0.4, -0.2) is 29.8 Å². The number of rotatable bonds is 8. The summed E-state index contributed by atoms with van der Waals surface area (Å²) in [5.74, 6) is 1.37. The number of aliphatic hydroxyl groups excluding tert-OH is 1. The topological polar surface area (TPSA) is 68.2 Å². The van der Waals surface area contributed by atoms with Crippen LogP contribution in [-0.2, 0) is 13.2 Å². The van der Waals surface area contributed by atoms with Gasteiger partial charge in [-0.2, -0.15) is 0 Å². The molecule has 0 spiro atoms. The second-order valence-electron chi connectivity index (χ2n) is 5.34. The third-order valence-electron chi connectivity index (χ3n) is 3.30. The van der Waals surface area contributed by atoms with E-state index in [-0.39, 0.29) is 6.10 Å². The molecule has 1 aromatic heterocycles. The predicted octanol–water partition coefficient (Wildman–Crippen LogP) is 1.77. The number of aromatic nitrogens is 1. The van der Waals surface area contributed by atoms with E-state index in [9.17, 15) is 5.11 Å². The Hall–Kier alpha value is -1.82. The number of ether oxygens (including phenoxy) is 2. The zero-order chi connectivity index (χ0) is 16.7. The van der Waals surface area contributed by atoms with Crippen molar-refractivity contribution in [2.75, 3.05) is 13.7 Å². The quantitative estimate of drug-likeness (QED) is 0.720. The summed E-state index contributed by atoms with van der Waals surface area (Å²) < 4.78 is 11.2. The lowest BCUT2D eigenvalue weighted by Crippen LogP contribution is -2.84. The first-order valence-corrected chi connectivity index (χ1v) is 7.86. The Kier molecular flexibility index (Phi) is 6.65. The highest BCUT2D eigenvalue weighted by Gasteiger charge is 2.08. The van der Waals surface area contributed by atoms with Crippen molar-refractivity contribution in [3.8, 4) is 11.5 Å². The van der Waals surface area contributed by atoms with Crippen molar-refractivity contribution in [2.24, 2.45) is 0 Å². The van der Waals surface area contributed by atoms with Crippen LogP contribution in [0, 0.1) is 0 Å². The molecular weight excluding hydrogens is 316 g/mol. The molecule has 5 nitrogen and oxygen atoms in total. The zero-order valence-corrected chi connectivity index (χ0v) is 14.1. The van der Waals surface area contributed by atoms with Gasteiger partial charge in [0.2, 0.25) is 0 Å². The highest BCUT2D eigenvalue weighted by molar-refractivity contribution is 6.29. The minimum atomic E-state index is -0.313. The molecule has 2 aromatic rings. The molecule has 0 radical (unpaired) electrons. The standard InChI is InChI=1S/C17H21ClN2O3/c1-12(21)8-19-9-13-3-5-15(16(7-13)22-2)23-11-14-4-6-17(18)20-10-14/h3-7,10,12,19,21H,8-9,11H2,1-2H3/p+1/t12-/m0/s1. The zero-order valence-electron chi connectivity index (χ0n) is 13.3. The first kappa shape index (κ1) is 17.5. The maximum absolute atomic E-state index is 9.28. The lowest BCUT2D eigenvalue weighted by Gasteiger charge is -2.12. The number of pyridine rings is 1. The van der Waals surface area contributed by atoms with Gasteiger partial charge in [-0.3, -0.25) is 0 Å². The van der Waals surface area contributed by atoms with Crippen LogP contribution in [0.5, 0.6) is 11.5 Å². The molecule has 0 bridgehead atoms. The SMILES string of the molecule is COc1cc(C[NH2+]C[C@H](C)O)ccc1OCc1ccc(Cl)nc1. The molecule has 0 saturated heterocycles. The molecule has 3 N–H and O–H groups in total. The first-order valence-electron chi connectivity index (χ1n) is 7.48. The van der Waals surface area contributed by atoms with Gasteiger partial charge in [-0.05, 0) is 31.2 Å². The first-order chi connectivity index (χ1) is 11.1. The molecular formula is C17H22ClN2O3+. The van der Waals surface area contributed by atoms with Crippen molar-refractivity contribution in [1.29, 1.82) is 0 Å². The molecule has 23 heavy (non-hydrogen) atoms. The Morgan fingerprint density at radius 2 is 2.00 bits per heavy atom. The second-order valence-corrected chi connectivity index (χ2v) is 5.73. The molecule has 6 heteroatoms. The molecule has 0 saturated carbocycles. The van der Waals surface area contributed by atoms with Crippen LogP contribution in [0.25, 0.3) is 0 Å². The summed E-state index contributed by atoms with van der Waals surface area (Å²) in [5, 5.41) is 11.8. The van der Waals surface area contributed by atoms with E-state index in [2.05, 4.69) is 10.3 Å². The van der Waals surface area contributed by atoms with Crippen LogP contribution in [0.3, 0.4) is 0 Å². The third kappa shape index (κ3) is 5.71. The minimum Gasteiger partial charge on any atom is -0.493 e. The molecule has 0 amide bonds. The fraction of sp³-hybridized carbons (Fsp3) is 0.353. The van der Waals surface area contributed by atoms with Gasteiger partial charge in [0.05, 0.1) is 13.2 Å². The largest absolute Gasteiger partial charge is 0.493 e. The number of halogens is 1. The van der Waals surface area contributed by atoms with E-state index in [1.807, 2.05) is 24.3 Å². The molecule has 0 aliphatic rings. The number of nitrogens with two attached hydrogens (primary N) is 1. The van der Waals surface area contributed by atoms with Crippen molar-refractivity contribution in [1.82, 2.24) is 4.98 Å². The Bertz CT molecular complexity index is 618. The summed E-state index contributed by atoms with van der Waals surface area (Å²) in [6, 6.07) is 9.46. The van der Waals surface area contributed by atoms with Crippen LogP contribution in [0.15, 0.2) is 36.5 Å². The fourth-order valence-electron chi connectivity index (χ4n) is 2.10. The number of aliphatic hydroxyl groups is 1. The Morgan fingerprint density at radius 1 is 1.22 bits per heavy atom. The van der Waals surface area contributed by atoms with E-state index in [0.717, 1.165) is 17.7 Å². The summed E-state index contributed by atoms with van der Waals surface area (Å²) in [4.78, 5) is 4.03. The van der Waals surface area contributed by atoms with Crippen molar-refractivity contribution in [3.63, 3.8) is 0 Å². The van der Waals surface area contributed by atoms with Gasteiger partial charge in [-0.1, -0.05) is 17.7 Å². The van der Waals surface area contributed by atoms with Crippen molar-refractivity contribution >= 4 is 11.6 Å². The molecule has 1 aromatic carbocycles. The molecule has 0 unspecified atom stereocenters. The third-order valence-corrected chi connectivity index (χ3v) is 3.52. The molecule has 0 aliphatic carbocycles. The van der Waals surface area contributed by atoms with E-state index in [0.29, 0.717) is 29.8 Å². The van der Waals surface area contributed by atoms with Crippen LogP contribution in [0.4, 0.5) is 0 Å². The van der Waals surface area contributed by atoms with Crippen LogP contribution >= 0.6 is 11.6 Å².